The van der Waals surface area contributed by atoms with Crippen LogP contribution in [-0.2, 0) is 0 Å². The van der Waals surface area contributed by atoms with Crippen LogP contribution >= 0.6 is 27.3 Å². The fourth-order valence-electron chi connectivity index (χ4n) is 1.05. The topological polar surface area (TPSA) is 65.7 Å². The fraction of sp³-hybridized carbons (Fsp3) is 0. The number of hydrogen-bond acceptors (Lipinski definition) is 3. The van der Waals surface area contributed by atoms with Crippen molar-refractivity contribution in [1.29, 1.82) is 0 Å². The summed E-state index contributed by atoms with van der Waals surface area (Å²) in [7, 11) is 0. The number of H-pyrrole nitrogens is 2. The summed E-state index contributed by atoms with van der Waals surface area (Å²) in [5, 5.41) is 0. The molecule has 0 radical (unpaired) electrons. The van der Waals surface area contributed by atoms with E-state index in [1.807, 2.05) is 12.1 Å². The van der Waals surface area contributed by atoms with Gasteiger partial charge in [-0.2, -0.15) is 0 Å². The van der Waals surface area contributed by atoms with Gasteiger partial charge in [-0.25, -0.2) is 4.79 Å². The SMILES string of the molecule is O=c1[nH]cc(-c2ccc(Br)s2)c(=O)[nH]1. The van der Waals surface area contributed by atoms with Gasteiger partial charge in [-0.15, -0.1) is 11.3 Å². The molecule has 2 heterocycles. The summed E-state index contributed by atoms with van der Waals surface area (Å²) in [6, 6.07) is 3.67. The van der Waals surface area contributed by atoms with Crippen molar-refractivity contribution in [3.8, 4) is 10.4 Å². The van der Waals surface area contributed by atoms with E-state index in [0.717, 1.165) is 8.66 Å². The molecule has 0 aromatic carbocycles. The van der Waals surface area contributed by atoms with Gasteiger partial charge in [0.25, 0.3) is 5.56 Å². The third-order valence-electron chi connectivity index (χ3n) is 1.66. The van der Waals surface area contributed by atoms with Crippen LogP contribution in [-0.4, -0.2) is 9.97 Å². The Morgan fingerprint density at radius 3 is 2.64 bits per heavy atom. The highest BCUT2D eigenvalue weighted by atomic mass is 79.9. The molecule has 2 rings (SSSR count). The summed E-state index contributed by atoms with van der Waals surface area (Å²) in [5.41, 5.74) is -0.391. The zero-order chi connectivity index (χ0) is 10.1. The molecular formula is C8H5BrN2O2S. The molecule has 72 valence electrons. The summed E-state index contributed by atoms with van der Waals surface area (Å²) in [5.74, 6) is 0. The van der Waals surface area contributed by atoms with Crippen LogP contribution in [0, 0.1) is 0 Å². The lowest BCUT2D eigenvalue weighted by Crippen LogP contribution is -2.22. The Morgan fingerprint density at radius 1 is 1.29 bits per heavy atom. The average Bonchev–Trinajstić information content (AvgIpc) is 2.51. The highest BCUT2D eigenvalue weighted by Gasteiger charge is 2.05. The Morgan fingerprint density at radius 2 is 2.07 bits per heavy atom. The third-order valence-corrected chi connectivity index (χ3v) is 3.31. The molecule has 2 aromatic rings. The van der Waals surface area contributed by atoms with E-state index < -0.39 is 5.69 Å². The smallest absolute Gasteiger partial charge is 0.313 e. The van der Waals surface area contributed by atoms with Crippen molar-refractivity contribution in [1.82, 2.24) is 9.97 Å². The Balaban J connectivity index is 2.63. The summed E-state index contributed by atoms with van der Waals surface area (Å²) in [4.78, 5) is 27.5. The first-order chi connectivity index (χ1) is 6.66. The highest BCUT2D eigenvalue weighted by molar-refractivity contribution is 9.11. The first-order valence-corrected chi connectivity index (χ1v) is 5.35. The van der Waals surface area contributed by atoms with Gasteiger partial charge in [0.05, 0.1) is 9.35 Å². The Hall–Kier alpha value is -1.14. The summed E-state index contributed by atoms with van der Waals surface area (Å²) < 4.78 is 0.943. The molecule has 4 nitrogen and oxygen atoms in total. The van der Waals surface area contributed by atoms with Gasteiger partial charge in [-0.1, -0.05) is 0 Å². The standard InChI is InChI=1S/C8H5BrN2O2S/c9-6-2-1-5(14-6)4-3-10-8(13)11-7(4)12/h1-3H,(H2,10,11,12,13). The molecule has 2 N–H and O–H groups in total. The number of thiophene rings is 1. The molecule has 0 aliphatic rings. The first-order valence-electron chi connectivity index (χ1n) is 3.74. The van der Waals surface area contributed by atoms with Gasteiger partial charge in [0.1, 0.15) is 0 Å². The molecule has 14 heavy (non-hydrogen) atoms. The van der Waals surface area contributed by atoms with E-state index in [1.165, 1.54) is 17.5 Å². The molecule has 0 spiro atoms. The van der Waals surface area contributed by atoms with Gasteiger partial charge in [-0.05, 0) is 28.1 Å². The third kappa shape index (κ3) is 1.71. The molecule has 2 aromatic heterocycles. The number of hydrogen-bond donors (Lipinski definition) is 2. The van der Waals surface area contributed by atoms with Crippen molar-refractivity contribution >= 4 is 27.3 Å². The van der Waals surface area contributed by atoms with Gasteiger partial charge in [-0.3, -0.25) is 9.78 Å². The minimum Gasteiger partial charge on any atom is -0.313 e. The largest absolute Gasteiger partial charge is 0.325 e. The molecule has 0 aliphatic heterocycles. The van der Waals surface area contributed by atoms with Crippen molar-refractivity contribution in [2.24, 2.45) is 0 Å². The number of aromatic nitrogens is 2. The maximum absolute atomic E-state index is 11.4. The molecule has 0 amide bonds. The average molecular weight is 273 g/mol. The van der Waals surface area contributed by atoms with Crippen molar-refractivity contribution < 1.29 is 0 Å². The van der Waals surface area contributed by atoms with E-state index in [9.17, 15) is 9.59 Å². The van der Waals surface area contributed by atoms with Crippen LogP contribution in [0.3, 0.4) is 0 Å². The second-order valence-electron chi connectivity index (χ2n) is 2.59. The molecule has 0 atom stereocenters. The van der Waals surface area contributed by atoms with Crippen LogP contribution in [0.25, 0.3) is 10.4 Å². The zero-order valence-corrected chi connectivity index (χ0v) is 9.24. The Labute approximate surface area is 90.8 Å². The fourth-order valence-corrected chi connectivity index (χ4v) is 2.45. The van der Waals surface area contributed by atoms with Gasteiger partial charge in [0.2, 0.25) is 0 Å². The minimum atomic E-state index is -0.491. The molecule has 0 bridgehead atoms. The Kier molecular flexibility index (Phi) is 2.39. The van der Waals surface area contributed by atoms with Crippen LogP contribution in [0.4, 0.5) is 0 Å². The van der Waals surface area contributed by atoms with Gasteiger partial charge >= 0.3 is 5.69 Å². The maximum Gasteiger partial charge on any atom is 0.325 e. The zero-order valence-electron chi connectivity index (χ0n) is 6.83. The predicted octanol–water partition coefficient (Wildman–Crippen LogP) is 1.55. The van der Waals surface area contributed by atoms with Gasteiger partial charge < -0.3 is 4.98 Å². The number of rotatable bonds is 1. The van der Waals surface area contributed by atoms with Gasteiger partial charge in [0, 0.05) is 11.1 Å². The minimum absolute atomic E-state index is 0.372. The van der Waals surface area contributed by atoms with Crippen LogP contribution in [0.2, 0.25) is 0 Å². The number of nitrogens with one attached hydrogen (secondary N) is 2. The normalized spacial score (nSPS) is 10.4. The van der Waals surface area contributed by atoms with Crippen molar-refractivity contribution in [2.75, 3.05) is 0 Å². The van der Waals surface area contributed by atoms with Crippen molar-refractivity contribution in [2.45, 2.75) is 0 Å². The van der Waals surface area contributed by atoms with E-state index in [0.29, 0.717) is 5.56 Å². The predicted molar refractivity (Wildman–Crippen MR) is 58.7 cm³/mol. The summed E-state index contributed by atoms with van der Waals surface area (Å²) in [6.07, 6.45) is 1.42. The van der Waals surface area contributed by atoms with Gasteiger partial charge in [0.15, 0.2) is 0 Å². The van der Waals surface area contributed by atoms with Crippen molar-refractivity contribution in [3.63, 3.8) is 0 Å². The monoisotopic (exact) mass is 272 g/mol. The molecule has 0 saturated heterocycles. The lowest BCUT2D eigenvalue weighted by Gasteiger charge is -1.92. The lowest BCUT2D eigenvalue weighted by molar-refractivity contribution is 1.04. The molecule has 0 fully saturated rings. The maximum atomic E-state index is 11.4. The highest BCUT2D eigenvalue weighted by Crippen LogP contribution is 2.28. The second kappa shape index (κ2) is 3.55. The van der Waals surface area contributed by atoms with Crippen molar-refractivity contribution in [3.05, 3.63) is 43.0 Å². The van der Waals surface area contributed by atoms with E-state index in [2.05, 4.69) is 25.9 Å². The van der Waals surface area contributed by atoms with Crippen LogP contribution in [0.5, 0.6) is 0 Å². The van der Waals surface area contributed by atoms with Crippen LogP contribution in [0.1, 0.15) is 0 Å². The lowest BCUT2D eigenvalue weighted by atomic mass is 10.3. The van der Waals surface area contributed by atoms with E-state index in [-0.39, 0.29) is 5.56 Å². The molecule has 6 heteroatoms. The second-order valence-corrected chi connectivity index (χ2v) is 5.05. The number of halogens is 1. The molecule has 0 saturated carbocycles. The van der Waals surface area contributed by atoms with E-state index in [1.54, 1.807) is 0 Å². The van der Waals surface area contributed by atoms with Crippen LogP contribution < -0.4 is 11.2 Å². The quantitative estimate of drug-likeness (QED) is 0.828. The van der Waals surface area contributed by atoms with E-state index in [4.69, 9.17) is 0 Å². The molecule has 0 unspecified atom stereocenters. The Bertz CT molecular complexity index is 569. The van der Waals surface area contributed by atoms with Crippen LogP contribution in [0.15, 0.2) is 31.7 Å². The molecular weight excluding hydrogens is 268 g/mol. The summed E-state index contributed by atoms with van der Waals surface area (Å²) >= 11 is 4.74. The summed E-state index contributed by atoms with van der Waals surface area (Å²) in [6.45, 7) is 0. The first kappa shape index (κ1) is 9.42. The molecule has 0 aliphatic carbocycles. The number of aromatic amines is 2. The van der Waals surface area contributed by atoms with E-state index >= 15 is 0 Å².